The first-order valence-corrected chi connectivity index (χ1v) is 5.74. The van der Waals surface area contributed by atoms with Crippen molar-refractivity contribution < 1.29 is 13.5 Å². The molecule has 0 amide bonds. The van der Waals surface area contributed by atoms with Gasteiger partial charge in [0.15, 0.2) is 0 Å². The summed E-state index contributed by atoms with van der Waals surface area (Å²) in [5.74, 6) is -0.746. The van der Waals surface area contributed by atoms with Crippen LogP contribution in [0.1, 0.15) is 0 Å². The van der Waals surface area contributed by atoms with Crippen molar-refractivity contribution in [3.05, 3.63) is 47.0 Å². The largest absolute Gasteiger partial charge is 0.495 e. The van der Waals surface area contributed by atoms with Crippen LogP contribution in [-0.4, -0.2) is 7.11 Å². The maximum atomic E-state index is 13.7. The van der Waals surface area contributed by atoms with Gasteiger partial charge in [-0.3, -0.25) is 0 Å². The average Bonchev–Trinajstić information content (AvgIpc) is 2.37. The van der Waals surface area contributed by atoms with Gasteiger partial charge in [-0.15, -0.1) is 0 Å². The molecular formula is C13H11ClF2N2O. The number of methoxy groups -OCH3 is 1. The molecule has 0 bridgehead atoms. The monoisotopic (exact) mass is 284 g/mol. The number of hydrogen-bond donors (Lipinski definition) is 2. The molecule has 2 aromatic rings. The third kappa shape index (κ3) is 2.88. The third-order valence-electron chi connectivity index (χ3n) is 2.52. The van der Waals surface area contributed by atoms with Crippen LogP contribution >= 0.6 is 11.6 Å². The zero-order valence-electron chi connectivity index (χ0n) is 10.0. The van der Waals surface area contributed by atoms with E-state index in [-0.39, 0.29) is 22.1 Å². The van der Waals surface area contributed by atoms with Gasteiger partial charge >= 0.3 is 0 Å². The van der Waals surface area contributed by atoms with Crippen LogP contribution in [0.25, 0.3) is 0 Å². The highest BCUT2D eigenvalue weighted by atomic mass is 35.5. The van der Waals surface area contributed by atoms with Crippen molar-refractivity contribution in [3.63, 3.8) is 0 Å². The molecule has 100 valence electrons. The Morgan fingerprint density at radius 2 is 1.89 bits per heavy atom. The number of nitrogens with two attached hydrogens (primary N) is 1. The number of hydrogen-bond acceptors (Lipinski definition) is 3. The van der Waals surface area contributed by atoms with Crippen molar-refractivity contribution in [1.29, 1.82) is 0 Å². The van der Waals surface area contributed by atoms with Crippen LogP contribution in [0.15, 0.2) is 30.3 Å². The molecule has 0 atom stereocenters. The summed E-state index contributed by atoms with van der Waals surface area (Å²) in [6, 6.07) is 6.27. The van der Waals surface area contributed by atoms with Gasteiger partial charge in [0.2, 0.25) is 0 Å². The summed E-state index contributed by atoms with van der Waals surface area (Å²) in [4.78, 5) is 0. The Labute approximate surface area is 113 Å². The van der Waals surface area contributed by atoms with Gasteiger partial charge in [-0.25, -0.2) is 8.78 Å². The van der Waals surface area contributed by atoms with Crippen molar-refractivity contribution >= 4 is 28.7 Å². The molecule has 2 rings (SSSR count). The highest BCUT2D eigenvalue weighted by molar-refractivity contribution is 6.33. The lowest BCUT2D eigenvalue weighted by molar-refractivity contribution is 0.416. The van der Waals surface area contributed by atoms with Crippen molar-refractivity contribution in [2.45, 2.75) is 0 Å². The van der Waals surface area contributed by atoms with E-state index in [1.807, 2.05) is 0 Å². The number of nitrogen functional groups attached to an aromatic ring is 1. The van der Waals surface area contributed by atoms with E-state index in [9.17, 15) is 8.78 Å². The van der Waals surface area contributed by atoms with E-state index in [1.54, 1.807) is 0 Å². The highest BCUT2D eigenvalue weighted by Crippen LogP contribution is 2.32. The van der Waals surface area contributed by atoms with Gasteiger partial charge in [-0.2, -0.15) is 0 Å². The van der Waals surface area contributed by atoms with E-state index in [1.165, 1.54) is 31.4 Å². The first-order chi connectivity index (χ1) is 9.01. The highest BCUT2D eigenvalue weighted by Gasteiger charge is 2.10. The Kier molecular flexibility index (Phi) is 3.76. The maximum absolute atomic E-state index is 13.7. The Morgan fingerprint density at radius 3 is 2.58 bits per heavy atom. The van der Waals surface area contributed by atoms with Crippen LogP contribution in [0.4, 0.5) is 25.8 Å². The van der Waals surface area contributed by atoms with Crippen LogP contribution in [0.2, 0.25) is 5.02 Å². The zero-order valence-corrected chi connectivity index (χ0v) is 10.8. The molecule has 0 saturated carbocycles. The molecule has 19 heavy (non-hydrogen) atoms. The van der Waals surface area contributed by atoms with Gasteiger partial charge in [0.25, 0.3) is 0 Å². The molecule has 3 nitrogen and oxygen atoms in total. The Bertz CT molecular complexity index is 620. The standard InChI is InChI=1S/C13H11ClF2N2O/c1-19-13-6-12(9(16)5-10(13)17)18-11-4-7(15)2-3-8(11)14/h2-6,18H,17H2,1H3. The minimum absolute atomic E-state index is 0.0959. The van der Waals surface area contributed by atoms with Crippen LogP contribution in [-0.2, 0) is 0 Å². The van der Waals surface area contributed by atoms with E-state index >= 15 is 0 Å². The predicted octanol–water partition coefficient (Wildman–Crippen LogP) is 3.95. The van der Waals surface area contributed by atoms with Crippen LogP contribution < -0.4 is 15.8 Å². The van der Waals surface area contributed by atoms with E-state index < -0.39 is 11.6 Å². The second kappa shape index (κ2) is 5.32. The summed E-state index contributed by atoms with van der Waals surface area (Å²) >= 11 is 5.90. The molecule has 0 radical (unpaired) electrons. The third-order valence-corrected chi connectivity index (χ3v) is 2.85. The first kappa shape index (κ1) is 13.4. The lowest BCUT2D eigenvalue weighted by Crippen LogP contribution is -1.99. The van der Waals surface area contributed by atoms with Crippen LogP contribution in [0.3, 0.4) is 0 Å². The van der Waals surface area contributed by atoms with Crippen LogP contribution in [0, 0.1) is 11.6 Å². The number of benzene rings is 2. The molecule has 0 aliphatic heterocycles. The SMILES string of the molecule is COc1cc(Nc2cc(F)ccc2Cl)c(F)cc1N. The quantitative estimate of drug-likeness (QED) is 0.839. The van der Waals surface area contributed by atoms with Gasteiger partial charge in [-0.05, 0) is 18.2 Å². The van der Waals surface area contributed by atoms with Gasteiger partial charge in [-0.1, -0.05) is 11.6 Å². The summed E-state index contributed by atoms with van der Waals surface area (Å²) in [6.07, 6.45) is 0. The maximum Gasteiger partial charge on any atom is 0.148 e. The predicted molar refractivity (Wildman–Crippen MR) is 72.1 cm³/mol. The molecule has 0 fully saturated rings. The molecule has 2 aromatic carbocycles. The Balaban J connectivity index is 2.40. The lowest BCUT2D eigenvalue weighted by atomic mass is 10.2. The molecule has 6 heteroatoms. The summed E-state index contributed by atoms with van der Waals surface area (Å²) < 4.78 is 31.9. The molecule has 0 aliphatic carbocycles. The fraction of sp³-hybridized carbons (Fsp3) is 0.0769. The van der Waals surface area contributed by atoms with E-state index in [0.717, 1.165) is 6.07 Å². The van der Waals surface area contributed by atoms with Crippen molar-refractivity contribution in [2.75, 3.05) is 18.2 Å². The summed E-state index contributed by atoms with van der Waals surface area (Å²) in [5, 5.41) is 2.98. The fourth-order valence-electron chi connectivity index (χ4n) is 1.58. The molecule has 0 aliphatic rings. The second-order valence-electron chi connectivity index (χ2n) is 3.82. The topological polar surface area (TPSA) is 47.3 Å². The van der Waals surface area contributed by atoms with Crippen molar-refractivity contribution in [2.24, 2.45) is 0 Å². The summed E-state index contributed by atoms with van der Waals surface area (Å²) in [6.45, 7) is 0. The molecule has 0 aromatic heterocycles. The fourth-order valence-corrected chi connectivity index (χ4v) is 1.74. The smallest absolute Gasteiger partial charge is 0.148 e. The molecular weight excluding hydrogens is 274 g/mol. The molecule has 3 N–H and O–H groups in total. The van der Waals surface area contributed by atoms with Crippen molar-refractivity contribution in [1.82, 2.24) is 0 Å². The number of nitrogens with one attached hydrogen (secondary N) is 1. The van der Waals surface area contributed by atoms with E-state index in [0.29, 0.717) is 5.75 Å². The number of halogens is 3. The molecule has 0 spiro atoms. The first-order valence-electron chi connectivity index (χ1n) is 5.36. The zero-order chi connectivity index (χ0) is 14.0. The number of ether oxygens (including phenoxy) is 1. The van der Waals surface area contributed by atoms with Gasteiger partial charge in [0.1, 0.15) is 17.4 Å². The summed E-state index contributed by atoms with van der Waals surface area (Å²) in [5.41, 5.74) is 6.10. The normalized spacial score (nSPS) is 10.3. The summed E-state index contributed by atoms with van der Waals surface area (Å²) in [7, 11) is 1.42. The van der Waals surface area contributed by atoms with Gasteiger partial charge < -0.3 is 15.8 Å². The molecule has 0 unspecified atom stereocenters. The second-order valence-corrected chi connectivity index (χ2v) is 4.23. The minimum atomic E-state index is -0.585. The number of rotatable bonds is 3. The Morgan fingerprint density at radius 1 is 1.16 bits per heavy atom. The lowest BCUT2D eigenvalue weighted by Gasteiger charge is -2.12. The van der Waals surface area contributed by atoms with E-state index in [4.69, 9.17) is 22.1 Å². The van der Waals surface area contributed by atoms with E-state index in [2.05, 4.69) is 5.32 Å². The molecule has 0 saturated heterocycles. The minimum Gasteiger partial charge on any atom is -0.495 e. The average molecular weight is 285 g/mol. The van der Waals surface area contributed by atoms with Gasteiger partial charge in [0.05, 0.1) is 29.2 Å². The van der Waals surface area contributed by atoms with Crippen molar-refractivity contribution in [3.8, 4) is 5.75 Å². The molecule has 0 heterocycles. The number of anilines is 3. The Hall–Kier alpha value is -2.01. The van der Waals surface area contributed by atoms with Gasteiger partial charge in [0, 0.05) is 12.1 Å². The van der Waals surface area contributed by atoms with Crippen LogP contribution in [0.5, 0.6) is 5.75 Å².